The van der Waals surface area contributed by atoms with Crippen LogP contribution < -0.4 is 15.4 Å². The lowest BCUT2D eigenvalue weighted by atomic mass is 10.2. The van der Waals surface area contributed by atoms with Crippen LogP contribution in [-0.4, -0.2) is 23.0 Å². The maximum absolute atomic E-state index is 12.4. The summed E-state index contributed by atoms with van der Waals surface area (Å²) in [5.41, 5.74) is 2.84. The summed E-state index contributed by atoms with van der Waals surface area (Å²) in [7, 11) is 1.64. The van der Waals surface area contributed by atoms with E-state index >= 15 is 0 Å². The molecule has 0 aliphatic rings. The lowest BCUT2D eigenvalue weighted by molar-refractivity contribution is 0.102. The van der Waals surface area contributed by atoms with Crippen LogP contribution in [0, 0.1) is 6.92 Å². The molecule has 27 heavy (non-hydrogen) atoms. The summed E-state index contributed by atoms with van der Waals surface area (Å²) in [6, 6.07) is 15.1. The van der Waals surface area contributed by atoms with E-state index in [1.807, 2.05) is 48.5 Å². The first kappa shape index (κ1) is 18.8. The molecule has 1 amide bonds. The van der Waals surface area contributed by atoms with Crippen LogP contribution in [0.15, 0.2) is 59.2 Å². The number of rotatable bonds is 6. The van der Waals surface area contributed by atoms with Crippen LogP contribution in [0.5, 0.6) is 5.75 Å². The molecule has 0 bridgehead atoms. The van der Waals surface area contributed by atoms with Crippen LogP contribution in [0.3, 0.4) is 0 Å². The summed E-state index contributed by atoms with van der Waals surface area (Å²) in [6.07, 6.45) is 1.53. The van der Waals surface area contributed by atoms with Crippen molar-refractivity contribution in [2.45, 2.75) is 13.5 Å². The Labute approximate surface area is 166 Å². The van der Waals surface area contributed by atoms with Crippen molar-refractivity contribution in [2.75, 3.05) is 17.7 Å². The smallest absolute Gasteiger partial charge is 0.259 e. The van der Waals surface area contributed by atoms with Crippen molar-refractivity contribution in [1.29, 1.82) is 0 Å². The van der Waals surface area contributed by atoms with E-state index in [9.17, 15) is 4.79 Å². The standard InChI is InChI=1S/C20H19BrN4O2/c1-13-18(19(26)25-16-7-5-15(21)6-8-16)12-23-20(24-13)22-11-14-3-9-17(27-2)10-4-14/h3-10,12H,11H2,1-2H3,(H,25,26)(H,22,23,24). The second kappa shape index (κ2) is 8.64. The number of carbonyl (C=O) groups is 1. The number of amides is 1. The van der Waals surface area contributed by atoms with Crippen LogP contribution in [0.1, 0.15) is 21.6 Å². The Bertz CT molecular complexity index is 928. The Morgan fingerprint density at radius 3 is 2.44 bits per heavy atom. The molecule has 0 aliphatic carbocycles. The summed E-state index contributed by atoms with van der Waals surface area (Å²) >= 11 is 3.37. The molecule has 0 radical (unpaired) electrons. The Balaban J connectivity index is 1.63. The highest BCUT2D eigenvalue weighted by molar-refractivity contribution is 9.10. The number of nitrogens with zero attached hydrogens (tertiary/aromatic N) is 2. The van der Waals surface area contributed by atoms with E-state index in [0.717, 1.165) is 15.8 Å². The molecule has 2 N–H and O–H groups in total. The van der Waals surface area contributed by atoms with Crippen molar-refractivity contribution in [3.8, 4) is 5.75 Å². The molecule has 1 heterocycles. The molecule has 0 saturated carbocycles. The third kappa shape index (κ3) is 5.04. The number of nitrogens with one attached hydrogen (secondary N) is 2. The first-order chi connectivity index (χ1) is 13.0. The molecular weight excluding hydrogens is 408 g/mol. The molecule has 3 aromatic rings. The van der Waals surface area contributed by atoms with Gasteiger partial charge in [0, 0.05) is 22.9 Å². The molecule has 0 aliphatic heterocycles. The highest BCUT2D eigenvalue weighted by Gasteiger charge is 2.12. The van der Waals surface area contributed by atoms with E-state index < -0.39 is 0 Å². The number of hydrogen-bond donors (Lipinski definition) is 2. The lowest BCUT2D eigenvalue weighted by Gasteiger charge is -2.10. The van der Waals surface area contributed by atoms with Gasteiger partial charge in [0.25, 0.3) is 5.91 Å². The molecule has 7 heteroatoms. The van der Waals surface area contributed by atoms with Crippen molar-refractivity contribution in [2.24, 2.45) is 0 Å². The second-order valence-electron chi connectivity index (χ2n) is 5.86. The Morgan fingerprint density at radius 1 is 1.11 bits per heavy atom. The third-order valence-corrected chi connectivity index (χ3v) is 4.46. The molecular formula is C20H19BrN4O2. The van der Waals surface area contributed by atoms with E-state index in [2.05, 4.69) is 36.5 Å². The number of aromatic nitrogens is 2. The fourth-order valence-corrected chi connectivity index (χ4v) is 2.70. The minimum Gasteiger partial charge on any atom is -0.497 e. The fraction of sp³-hybridized carbons (Fsp3) is 0.150. The lowest BCUT2D eigenvalue weighted by Crippen LogP contribution is -2.15. The van der Waals surface area contributed by atoms with Crippen LogP contribution >= 0.6 is 15.9 Å². The van der Waals surface area contributed by atoms with Crippen LogP contribution in [-0.2, 0) is 6.54 Å². The van der Waals surface area contributed by atoms with Gasteiger partial charge in [-0.05, 0) is 48.9 Å². The highest BCUT2D eigenvalue weighted by atomic mass is 79.9. The largest absolute Gasteiger partial charge is 0.497 e. The van der Waals surface area contributed by atoms with Crippen molar-refractivity contribution < 1.29 is 9.53 Å². The zero-order valence-electron chi connectivity index (χ0n) is 15.0. The monoisotopic (exact) mass is 426 g/mol. The van der Waals surface area contributed by atoms with Gasteiger partial charge in [-0.1, -0.05) is 28.1 Å². The summed E-state index contributed by atoms with van der Waals surface area (Å²) in [5.74, 6) is 1.05. The van der Waals surface area contributed by atoms with Gasteiger partial charge in [0.05, 0.1) is 18.4 Å². The van der Waals surface area contributed by atoms with Gasteiger partial charge in [-0.25, -0.2) is 9.97 Å². The summed E-state index contributed by atoms with van der Waals surface area (Å²) in [6.45, 7) is 2.37. The van der Waals surface area contributed by atoms with Gasteiger partial charge >= 0.3 is 0 Å². The molecule has 138 valence electrons. The summed E-state index contributed by atoms with van der Waals surface area (Å²) in [4.78, 5) is 21.1. The van der Waals surface area contributed by atoms with Gasteiger partial charge in [0.1, 0.15) is 5.75 Å². The quantitative estimate of drug-likeness (QED) is 0.609. The van der Waals surface area contributed by atoms with Crippen LogP contribution in [0.25, 0.3) is 0 Å². The normalized spacial score (nSPS) is 10.3. The van der Waals surface area contributed by atoms with Crippen LogP contribution in [0.2, 0.25) is 0 Å². The van der Waals surface area contributed by atoms with Gasteiger partial charge < -0.3 is 15.4 Å². The number of carbonyl (C=O) groups excluding carboxylic acids is 1. The average molecular weight is 427 g/mol. The van der Waals surface area contributed by atoms with Gasteiger partial charge in [-0.15, -0.1) is 0 Å². The minimum atomic E-state index is -0.239. The topological polar surface area (TPSA) is 76.1 Å². The van der Waals surface area contributed by atoms with Crippen molar-refractivity contribution in [3.63, 3.8) is 0 Å². The van der Waals surface area contributed by atoms with E-state index in [-0.39, 0.29) is 5.91 Å². The minimum absolute atomic E-state index is 0.239. The summed E-state index contributed by atoms with van der Waals surface area (Å²) < 4.78 is 6.10. The molecule has 2 aromatic carbocycles. The first-order valence-electron chi connectivity index (χ1n) is 8.32. The zero-order valence-corrected chi connectivity index (χ0v) is 16.6. The average Bonchev–Trinajstić information content (AvgIpc) is 2.68. The second-order valence-corrected chi connectivity index (χ2v) is 6.77. The number of anilines is 2. The predicted molar refractivity (Wildman–Crippen MR) is 109 cm³/mol. The maximum atomic E-state index is 12.4. The molecule has 1 aromatic heterocycles. The fourth-order valence-electron chi connectivity index (χ4n) is 2.43. The number of benzene rings is 2. The molecule has 0 unspecified atom stereocenters. The van der Waals surface area contributed by atoms with Gasteiger partial charge in [-0.2, -0.15) is 0 Å². The third-order valence-electron chi connectivity index (χ3n) is 3.94. The number of ether oxygens (including phenoxy) is 1. The molecule has 0 atom stereocenters. The SMILES string of the molecule is COc1ccc(CNc2ncc(C(=O)Nc3ccc(Br)cc3)c(C)n2)cc1. The summed E-state index contributed by atoms with van der Waals surface area (Å²) in [5, 5.41) is 6.00. The zero-order chi connectivity index (χ0) is 19.2. The Kier molecular flexibility index (Phi) is 6.03. The predicted octanol–water partition coefficient (Wildman–Crippen LogP) is 4.42. The molecule has 6 nitrogen and oxygen atoms in total. The molecule has 3 rings (SSSR count). The van der Waals surface area contributed by atoms with E-state index in [4.69, 9.17) is 4.74 Å². The Morgan fingerprint density at radius 2 is 1.81 bits per heavy atom. The van der Waals surface area contributed by atoms with Crippen LogP contribution in [0.4, 0.5) is 11.6 Å². The van der Waals surface area contributed by atoms with Crippen molar-refractivity contribution >= 4 is 33.5 Å². The van der Waals surface area contributed by atoms with Gasteiger partial charge in [0.15, 0.2) is 0 Å². The number of aryl methyl sites for hydroxylation is 1. The van der Waals surface area contributed by atoms with Gasteiger partial charge in [-0.3, -0.25) is 4.79 Å². The number of hydrogen-bond acceptors (Lipinski definition) is 5. The molecule has 0 saturated heterocycles. The van der Waals surface area contributed by atoms with Crippen molar-refractivity contribution in [1.82, 2.24) is 9.97 Å². The number of methoxy groups -OCH3 is 1. The first-order valence-corrected chi connectivity index (χ1v) is 9.12. The van der Waals surface area contributed by atoms with Gasteiger partial charge in [0.2, 0.25) is 5.95 Å². The van der Waals surface area contributed by atoms with E-state index in [1.165, 1.54) is 6.20 Å². The van der Waals surface area contributed by atoms with Crippen molar-refractivity contribution in [3.05, 3.63) is 76.0 Å². The molecule has 0 fully saturated rings. The number of halogens is 1. The highest BCUT2D eigenvalue weighted by Crippen LogP contribution is 2.16. The van der Waals surface area contributed by atoms with E-state index in [1.54, 1.807) is 14.0 Å². The molecule has 0 spiro atoms. The van der Waals surface area contributed by atoms with E-state index in [0.29, 0.717) is 29.4 Å². The maximum Gasteiger partial charge on any atom is 0.259 e. The Hall–Kier alpha value is -2.93.